The van der Waals surface area contributed by atoms with Gasteiger partial charge >= 0.3 is 0 Å². The van der Waals surface area contributed by atoms with E-state index >= 15 is 0 Å². The summed E-state index contributed by atoms with van der Waals surface area (Å²) >= 11 is 2.06. The highest BCUT2D eigenvalue weighted by Gasteiger charge is 2.34. The molecule has 2 fully saturated rings. The van der Waals surface area contributed by atoms with Crippen LogP contribution in [-0.4, -0.2) is 58.8 Å². The Morgan fingerprint density at radius 3 is 2.36 bits per heavy atom. The first-order chi connectivity index (χ1) is 6.66. The summed E-state index contributed by atoms with van der Waals surface area (Å²) < 4.78 is 0. The van der Waals surface area contributed by atoms with Crippen molar-refractivity contribution in [3.8, 4) is 0 Å². The van der Waals surface area contributed by atoms with Crippen molar-refractivity contribution in [3.05, 3.63) is 0 Å². The third kappa shape index (κ3) is 2.24. The fraction of sp³-hybridized carbons (Fsp3) is 1.00. The number of β-amino-alcohol motifs (C(OH)–C–C–N with tert-alkyl or cyclic N) is 1. The van der Waals surface area contributed by atoms with E-state index in [1.165, 1.54) is 0 Å². The van der Waals surface area contributed by atoms with Gasteiger partial charge in [0.25, 0.3) is 0 Å². The van der Waals surface area contributed by atoms with Crippen molar-refractivity contribution in [3.63, 3.8) is 0 Å². The van der Waals surface area contributed by atoms with Crippen LogP contribution in [0.5, 0.6) is 0 Å². The molecule has 4 atom stereocenters. The molecule has 14 heavy (non-hydrogen) atoms. The fourth-order valence-electron chi connectivity index (χ4n) is 2.51. The van der Waals surface area contributed by atoms with Crippen molar-refractivity contribution in [2.24, 2.45) is 0 Å². The number of hydrogen-bond acceptors (Lipinski definition) is 4. The molecule has 2 aliphatic heterocycles. The van der Waals surface area contributed by atoms with Crippen LogP contribution in [0.1, 0.15) is 13.8 Å². The van der Waals surface area contributed by atoms with Crippen LogP contribution in [0.25, 0.3) is 0 Å². The first-order valence-corrected chi connectivity index (χ1v) is 6.39. The molecule has 2 heterocycles. The number of aliphatic hydroxyl groups is 1. The van der Waals surface area contributed by atoms with Crippen LogP contribution in [0.2, 0.25) is 0 Å². The summed E-state index contributed by atoms with van der Waals surface area (Å²) in [7, 11) is 0. The Morgan fingerprint density at radius 1 is 1.21 bits per heavy atom. The number of hydrogen-bond donors (Lipinski definition) is 2. The van der Waals surface area contributed by atoms with E-state index in [-0.39, 0.29) is 6.10 Å². The van der Waals surface area contributed by atoms with E-state index in [0.29, 0.717) is 16.5 Å². The molecule has 0 aromatic carbocycles. The largest absolute Gasteiger partial charge is 0.390 e. The number of thioether (sulfide) groups is 1. The van der Waals surface area contributed by atoms with Crippen molar-refractivity contribution < 1.29 is 5.11 Å². The highest BCUT2D eigenvalue weighted by molar-refractivity contribution is 8.00. The molecule has 2 saturated heterocycles. The number of nitrogens with one attached hydrogen (secondary N) is 1. The molecule has 2 N–H and O–H groups in total. The Hall–Kier alpha value is 0.230. The molecule has 0 radical (unpaired) electrons. The van der Waals surface area contributed by atoms with Crippen LogP contribution in [0.3, 0.4) is 0 Å². The zero-order valence-corrected chi connectivity index (χ0v) is 9.76. The summed E-state index contributed by atoms with van der Waals surface area (Å²) in [6.45, 7) is 8.52. The minimum absolute atomic E-state index is 0.169. The van der Waals surface area contributed by atoms with Gasteiger partial charge in [-0.15, -0.1) is 0 Å². The summed E-state index contributed by atoms with van der Waals surface area (Å²) in [5.41, 5.74) is 0. The van der Waals surface area contributed by atoms with Crippen molar-refractivity contribution >= 4 is 11.8 Å². The smallest absolute Gasteiger partial charge is 0.0831 e. The summed E-state index contributed by atoms with van der Waals surface area (Å²) in [5, 5.41) is 14.5. The van der Waals surface area contributed by atoms with Gasteiger partial charge in [-0.05, 0) is 0 Å². The quantitative estimate of drug-likeness (QED) is 0.654. The fourth-order valence-corrected chi connectivity index (χ4v) is 3.86. The van der Waals surface area contributed by atoms with Gasteiger partial charge in [-0.1, -0.05) is 13.8 Å². The Morgan fingerprint density at radius 2 is 1.86 bits per heavy atom. The van der Waals surface area contributed by atoms with Crippen LogP contribution in [0, 0.1) is 0 Å². The van der Waals surface area contributed by atoms with Crippen molar-refractivity contribution in [2.75, 3.05) is 26.2 Å². The maximum Gasteiger partial charge on any atom is 0.0831 e. The van der Waals surface area contributed by atoms with Crippen LogP contribution in [-0.2, 0) is 0 Å². The van der Waals surface area contributed by atoms with E-state index in [2.05, 4.69) is 35.8 Å². The van der Waals surface area contributed by atoms with Gasteiger partial charge in [0.1, 0.15) is 0 Å². The first-order valence-electron chi connectivity index (χ1n) is 5.45. The summed E-state index contributed by atoms with van der Waals surface area (Å²) in [4.78, 5) is 2.45. The van der Waals surface area contributed by atoms with Gasteiger partial charge in [0.15, 0.2) is 0 Å². The maximum atomic E-state index is 9.80. The normalized spacial score (nSPS) is 45.6. The lowest BCUT2D eigenvalue weighted by molar-refractivity contribution is 0.0821. The molecule has 0 aromatic heterocycles. The van der Waals surface area contributed by atoms with Crippen molar-refractivity contribution in [1.82, 2.24) is 10.2 Å². The highest BCUT2D eigenvalue weighted by Crippen LogP contribution is 2.27. The SMILES string of the molecule is CC1CN([C@@H]2CNC[C@H]2O)CC(C)S1. The number of nitrogens with zero attached hydrogens (tertiary/aromatic N) is 1. The third-order valence-electron chi connectivity index (χ3n) is 3.07. The summed E-state index contributed by atoms with van der Waals surface area (Å²) in [6, 6.07) is 0.348. The minimum Gasteiger partial charge on any atom is -0.390 e. The van der Waals surface area contributed by atoms with Crippen molar-refractivity contribution in [2.45, 2.75) is 36.5 Å². The predicted molar refractivity (Wildman–Crippen MR) is 60.8 cm³/mol. The molecule has 2 aliphatic rings. The highest BCUT2D eigenvalue weighted by atomic mass is 32.2. The van der Waals surface area contributed by atoms with Gasteiger partial charge in [-0.3, -0.25) is 4.90 Å². The second-order valence-corrected chi connectivity index (χ2v) is 6.39. The van der Waals surface area contributed by atoms with E-state index < -0.39 is 0 Å². The zero-order valence-electron chi connectivity index (χ0n) is 8.94. The van der Waals surface area contributed by atoms with E-state index in [9.17, 15) is 5.11 Å². The lowest BCUT2D eigenvalue weighted by Gasteiger charge is -2.39. The number of rotatable bonds is 1. The van der Waals surface area contributed by atoms with Crippen LogP contribution >= 0.6 is 11.8 Å². The van der Waals surface area contributed by atoms with Gasteiger partial charge in [0, 0.05) is 42.7 Å². The Kier molecular flexibility index (Phi) is 3.37. The first kappa shape index (κ1) is 10.7. The average Bonchev–Trinajstić information content (AvgIpc) is 2.49. The average molecular weight is 216 g/mol. The lowest BCUT2D eigenvalue weighted by Crippen LogP contribution is -2.50. The van der Waals surface area contributed by atoms with Crippen molar-refractivity contribution in [1.29, 1.82) is 0 Å². The van der Waals surface area contributed by atoms with E-state index in [1.807, 2.05) is 0 Å². The Balaban J connectivity index is 1.95. The molecule has 4 heteroatoms. The standard InChI is InChI=1S/C10H20N2OS/c1-7-5-12(6-8(2)14-7)9-3-11-4-10(9)13/h7-11,13H,3-6H2,1-2H3/t7?,8?,9-,10-/m1/s1. The van der Waals surface area contributed by atoms with Gasteiger partial charge in [0.05, 0.1) is 6.10 Å². The maximum absolute atomic E-state index is 9.80. The molecule has 0 aromatic rings. The molecule has 2 unspecified atom stereocenters. The minimum atomic E-state index is -0.169. The molecular weight excluding hydrogens is 196 g/mol. The topological polar surface area (TPSA) is 35.5 Å². The molecule has 82 valence electrons. The van der Waals surface area contributed by atoms with Crippen LogP contribution < -0.4 is 5.32 Å². The summed E-state index contributed by atoms with van der Waals surface area (Å²) in [5.74, 6) is 0. The second-order valence-electron chi connectivity index (χ2n) is 4.50. The third-order valence-corrected chi connectivity index (χ3v) is 4.30. The molecule has 0 saturated carbocycles. The van der Waals surface area contributed by atoms with Gasteiger partial charge in [-0.25, -0.2) is 0 Å². The molecule has 0 bridgehead atoms. The van der Waals surface area contributed by atoms with Gasteiger partial charge < -0.3 is 10.4 Å². The molecular formula is C10H20N2OS. The molecule has 0 aliphatic carbocycles. The van der Waals surface area contributed by atoms with E-state index in [0.717, 1.165) is 26.2 Å². The number of aliphatic hydroxyl groups excluding tert-OH is 1. The summed E-state index contributed by atoms with van der Waals surface area (Å²) in [6.07, 6.45) is -0.169. The Labute approximate surface area is 90.2 Å². The lowest BCUT2D eigenvalue weighted by atomic mass is 10.1. The molecule has 0 spiro atoms. The molecule has 2 rings (SSSR count). The zero-order chi connectivity index (χ0) is 10.1. The van der Waals surface area contributed by atoms with E-state index in [4.69, 9.17) is 0 Å². The van der Waals surface area contributed by atoms with Gasteiger partial charge in [-0.2, -0.15) is 11.8 Å². The van der Waals surface area contributed by atoms with Crippen LogP contribution in [0.4, 0.5) is 0 Å². The molecule has 0 amide bonds. The van der Waals surface area contributed by atoms with Crippen LogP contribution in [0.15, 0.2) is 0 Å². The Bertz CT molecular complexity index is 193. The van der Waals surface area contributed by atoms with Gasteiger partial charge in [0.2, 0.25) is 0 Å². The molecule has 3 nitrogen and oxygen atoms in total. The monoisotopic (exact) mass is 216 g/mol. The van der Waals surface area contributed by atoms with E-state index in [1.54, 1.807) is 0 Å². The second kappa shape index (κ2) is 4.39. The predicted octanol–water partition coefficient (Wildman–Crippen LogP) is 0.145.